The van der Waals surface area contributed by atoms with Crippen LogP contribution >= 0.6 is 0 Å². The van der Waals surface area contributed by atoms with Crippen LogP contribution < -0.4 is 10.6 Å². The van der Waals surface area contributed by atoms with E-state index in [2.05, 4.69) is 20.9 Å². The minimum absolute atomic E-state index is 0.196. The molecule has 3 aromatic rings. The molecule has 0 radical (unpaired) electrons. The van der Waals surface area contributed by atoms with Crippen LogP contribution in [0.5, 0.6) is 0 Å². The highest BCUT2D eigenvalue weighted by Gasteiger charge is 2.22. The predicted molar refractivity (Wildman–Crippen MR) is 121 cm³/mol. The monoisotopic (exact) mass is 444 g/mol. The Balaban J connectivity index is 1.63. The van der Waals surface area contributed by atoms with Crippen LogP contribution in [0.25, 0.3) is 11.0 Å². The first-order valence-corrected chi connectivity index (χ1v) is 11.7. The van der Waals surface area contributed by atoms with Gasteiger partial charge in [-0.2, -0.15) is 4.31 Å². The molecule has 0 bridgehead atoms. The normalized spacial score (nSPS) is 11.8. The van der Waals surface area contributed by atoms with Crippen LogP contribution in [0.1, 0.15) is 25.0 Å². The fourth-order valence-electron chi connectivity index (χ4n) is 3.26. The van der Waals surface area contributed by atoms with E-state index in [1.807, 2.05) is 32.0 Å². The van der Waals surface area contributed by atoms with Gasteiger partial charge in [0.15, 0.2) is 0 Å². The molecule has 2 N–H and O–H groups in total. The smallest absolute Gasteiger partial charge is 0.319 e. The van der Waals surface area contributed by atoms with Gasteiger partial charge in [0.25, 0.3) is 0 Å². The zero-order chi connectivity index (χ0) is 22.6. The van der Waals surface area contributed by atoms with E-state index in [0.29, 0.717) is 37.2 Å². The van der Waals surface area contributed by atoms with Crippen LogP contribution in [-0.4, -0.2) is 53.4 Å². The number of nitrogens with one attached hydrogen (secondary N) is 2. The third kappa shape index (κ3) is 5.02. The van der Waals surface area contributed by atoms with Crippen LogP contribution in [0.3, 0.4) is 0 Å². The van der Waals surface area contributed by atoms with Crippen LogP contribution in [0.4, 0.5) is 10.5 Å². The molecule has 0 aliphatic carbocycles. The number of anilines is 1. The summed E-state index contributed by atoms with van der Waals surface area (Å²) in [7, 11) is -3.56. The first-order valence-electron chi connectivity index (χ1n) is 10.2. The van der Waals surface area contributed by atoms with Gasteiger partial charge >= 0.3 is 6.03 Å². The first-order chi connectivity index (χ1) is 14.8. The van der Waals surface area contributed by atoms with Gasteiger partial charge in [0.2, 0.25) is 10.0 Å². The summed E-state index contributed by atoms with van der Waals surface area (Å²) in [5.41, 5.74) is 4.20. The summed E-state index contributed by atoms with van der Waals surface area (Å²) in [5, 5.41) is 13.8. The molecule has 166 valence electrons. The molecule has 0 unspecified atom stereocenters. The molecule has 0 spiro atoms. The van der Waals surface area contributed by atoms with Gasteiger partial charge in [-0.3, -0.25) is 0 Å². The van der Waals surface area contributed by atoms with Crippen LogP contribution in [0.2, 0.25) is 0 Å². The summed E-state index contributed by atoms with van der Waals surface area (Å²) in [6.07, 6.45) is 0. The number of urea groups is 1. The number of fused-ring (bicyclic) bond motifs is 1. The van der Waals surface area contributed by atoms with Crippen molar-refractivity contribution >= 4 is 32.8 Å². The molecule has 31 heavy (non-hydrogen) atoms. The lowest BCUT2D eigenvalue weighted by atomic mass is 10.1. The maximum atomic E-state index is 12.7. The maximum Gasteiger partial charge on any atom is 0.319 e. The second kappa shape index (κ2) is 9.44. The number of aryl methyl sites for hydroxylation is 2. The van der Waals surface area contributed by atoms with Gasteiger partial charge in [0.1, 0.15) is 5.52 Å². The van der Waals surface area contributed by atoms with Gasteiger partial charge < -0.3 is 10.6 Å². The Morgan fingerprint density at radius 2 is 1.81 bits per heavy atom. The molecule has 10 heteroatoms. The summed E-state index contributed by atoms with van der Waals surface area (Å²) in [6.45, 7) is 9.17. The Hall–Kier alpha value is -2.98. The van der Waals surface area contributed by atoms with Crippen molar-refractivity contribution < 1.29 is 13.2 Å². The number of aromatic nitrogens is 3. The molecule has 2 aromatic carbocycles. The highest BCUT2D eigenvalue weighted by atomic mass is 32.2. The van der Waals surface area contributed by atoms with Crippen molar-refractivity contribution in [2.45, 2.75) is 39.1 Å². The van der Waals surface area contributed by atoms with E-state index < -0.39 is 10.0 Å². The number of rotatable bonds is 8. The lowest BCUT2D eigenvalue weighted by Gasteiger charge is -2.18. The Labute approximate surface area is 182 Å². The van der Waals surface area contributed by atoms with Crippen molar-refractivity contribution in [1.82, 2.24) is 24.6 Å². The number of hydrogen-bond acceptors (Lipinski definition) is 5. The number of amides is 2. The van der Waals surface area contributed by atoms with E-state index in [-0.39, 0.29) is 10.9 Å². The third-order valence-corrected chi connectivity index (χ3v) is 7.25. The van der Waals surface area contributed by atoms with Gasteiger partial charge in [-0.25, -0.2) is 17.9 Å². The zero-order valence-corrected chi connectivity index (χ0v) is 19.0. The second-order valence-electron chi connectivity index (χ2n) is 7.23. The molecule has 3 rings (SSSR count). The van der Waals surface area contributed by atoms with Crippen molar-refractivity contribution in [1.29, 1.82) is 0 Å². The largest absolute Gasteiger partial charge is 0.336 e. The number of benzene rings is 2. The standard InChI is InChI=1S/C21H28N6O3S/c1-5-26(6-2)31(29,30)18-9-10-20-19(14-18)24-25-27(20)12-11-22-21(28)23-17-8-7-15(3)16(4)13-17/h7-10,13-14H,5-6,11-12H2,1-4H3,(H2,22,23,28). The minimum Gasteiger partial charge on any atom is -0.336 e. The van der Waals surface area contributed by atoms with Crippen molar-refractivity contribution in [3.63, 3.8) is 0 Å². The van der Waals surface area contributed by atoms with Crippen molar-refractivity contribution in [2.75, 3.05) is 25.0 Å². The number of nitrogens with zero attached hydrogens (tertiary/aromatic N) is 4. The zero-order valence-electron chi connectivity index (χ0n) is 18.2. The van der Waals surface area contributed by atoms with Gasteiger partial charge in [0, 0.05) is 25.3 Å². The molecular formula is C21H28N6O3S. The Morgan fingerprint density at radius 1 is 1.06 bits per heavy atom. The lowest BCUT2D eigenvalue weighted by molar-refractivity contribution is 0.251. The number of carbonyl (C=O) groups excluding carboxylic acids is 1. The van der Waals surface area contributed by atoms with Gasteiger partial charge in [-0.1, -0.05) is 25.1 Å². The summed E-state index contributed by atoms with van der Waals surface area (Å²) in [4.78, 5) is 12.3. The van der Waals surface area contributed by atoms with Crippen LogP contribution in [0, 0.1) is 13.8 Å². The number of carbonyl (C=O) groups is 1. The van der Waals surface area contributed by atoms with E-state index in [0.717, 1.165) is 16.8 Å². The molecular weight excluding hydrogens is 416 g/mol. The Kier molecular flexibility index (Phi) is 6.91. The highest BCUT2D eigenvalue weighted by molar-refractivity contribution is 7.89. The topological polar surface area (TPSA) is 109 Å². The fraction of sp³-hybridized carbons (Fsp3) is 0.381. The molecule has 0 saturated heterocycles. The molecule has 1 aromatic heterocycles. The van der Waals surface area contributed by atoms with E-state index >= 15 is 0 Å². The van der Waals surface area contributed by atoms with E-state index in [1.165, 1.54) is 10.4 Å². The van der Waals surface area contributed by atoms with Crippen molar-refractivity contribution in [2.24, 2.45) is 0 Å². The molecule has 0 aliphatic heterocycles. The lowest BCUT2D eigenvalue weighted by Crippen LogP contribution is -2.31. The maximum absolute atomic E-state index is 12.7. The summed E-state index contributed by atoms with van der Waals surface area (Å²) in [6, 6.07) is 10.2. The summed E-state index contributed by atoms with van der Waals surface area (Å²) in [5.74, 6) is 0. The van der Waals surface area contributed by atoms with Crippen molar-refractivity contribution in [3.8, 4) is 0 Å². The molecule has 0 fully saturated rings. The molecule has 0 saturated carbocycles. The predicted octanol–water partition coefficient (Wildman–Crippen LogP) is 2.90. The van der Waals surface area contributed by atoms with Gasteiger partial charge in [-0.05, 0) is 55.3 Å². The average molecular weight is 445 g/mol. The summed E-state index contributed by atoms with van der Waals surface area (Å²) < 4.78 is 28.4. The molecule has 2 amide bonds. The Morgan fingerprint density at radius 3 is 2.48 bits per heavy atom. The van der Waals surface area contributed by atoms with Gasteiger partial charge in [0.05, 0.1) is 17.0 Å². The SMILES string of the molecule is CCN(CC)S(=O)(=O)c1ccc2c(c1)nnn2CCNC(=O)Nc1ccc(C)c(C)c1. The molecule has 9 nitrogen and oxygen atoms in total. The quantitative estimate of drug-likeness (QED) is 0.555. The number of sulfonamides is 1. The van der Waals surface area contributed by atoms with E-state index in [4.69, 9.17) is 0 Å². The second-order valence-corrected chi connectivity index (χ2v) is 9.17. The van der Waals surface area contributed by atoms with Crippen molar-refractivity contribution in [3.05, 3.63) is 47.5 Å². The average Bonchev–Trinajstić information content (AvgIpc) is 3.14. The third-order valence-electron chi connectivity index (χ3n) is 5.20. The van der Waals surface area contributed by atoms with Crippen LogP contribution in [0.15, 0.2) is 41.3 Å². The van der Waals surface area contributed by atoms with E-state index in [1.54, 1.807) is 30.7 Å². The van der Waals surface area contributed by atoms with Crippen LogP contribution in [-0.2, 0) is 16.6 Å². The first kappa shape index (κ1) is 22.7. The van der Waals surface area contributed by atoms with E-state index in [9.17, 15) is 13.2 Å². The minimum atomic E-state index is -3.56. The molecule has 1 heterocycles. The summed E-state index contributed by atoms with van der Waals surface area (Å²) >= 11 is 0. The molecule has 0 aliphatic rings. The number of hydrogen-bond donors (Lipinski definition) is 2. The highest BCUT2D eigenvalue weighted by Crippen LogP contribution is 2.20. The van der Waals surface area contributed by atoms with Gasteiger partial charge in [-0.15, -0.1) is 5.10 Å². The molecule has 0 atom stereocenters. The fourth-order valence-corrected chi connectivity index (χ4v) is 4.74. The Bertz CT molecular complexity index is 1190.